The van der Waals surface area contributed by atoms with Gasteiger partial charge in [-0.3, -0.25) is 9.47 Å². The first-order chi connectivity index (χ1) is 26.1. The fourth-order valence-corrected chi connectivity index (χ4v) is 10.1. The Morgan fingerprint density at radius 1 is 0.407 bits per heavy atom. The van der Waals surface area contributed by atoms with Crippen LogP contribution in [0.25, 0.3) is 27.6 Å². The molecule has 5 nitrogen and oxygen atoms in total. The molecule has 5 aromatic carbocycles. The van der Waals surface area contributed by atoms with E-state index in [1.165, 1.54) is 66.7 Å². The average Bonchev–Trinajstić information content (AvgIpc) is 3.52. The van der Waals surface area contributed by atoms with Gasteiger partial charge in [-0.1, -0.05) is 108 Å². The molecule has 6 heterocycles. The Morgan fingerprint density at radius 3 is 1.76 bits per heavy atom. The van der Waals surface area contributed by atoms with E-state index in [9.17, 15) is 0 Å². The number of para-hydroxylation sites is 3. The van der Waals surface area contributed by atoms with Crippen molar-refractivity contribution in [2.24, 2.45) is 0 Å². The normalized spacial score (nSPS) is 16.7. The Hall–Kier alpha value is -6.20. The highest BCUT2D eigenvalue weighted by atomic mass is 15.2. The lowest BCUT2D eigenvalue weighted by molar-refractivity contribution is 0.606. The molecule has 0 amide bonds. The van der Waals surface area contributed by atoms with Crippen molar-refractivity contribution in [3.8, 4) is 5.69 Å². The van der Waals surface area contributed by atoms with Crippen molar-refractivity contribution >= 4 is 56.2 Å². The molecule has 0 atom stereocenters. The van der Waals surface area contributed by atoms with Gasteiger partial charge in [0.05, 0.1) is 34.0 Å². The summed E-state index contributed by atoms with van der Waals surface area (Å²) < 4.78 is 2.43. The van der Waals surface area contributed by atoms with Gasteiger partial charge in [0.15, 0.2) is 0 Å². The molecule has 0 saturated carbocycles. The summed E-state index contributed by atoms with van der Waals surface area (Å²) in [5.41, 5.74) is 16.5. The molecular formula is C49H41N5. The van der Waals surface area contributed by atoms with Gasteiger partial charge in [0, 0.05) is 45.1 Å². The van der Waals surface area contributed by atoms with Crippen molar-refractivity contribution < 1.29 is 0 Å². The second-order valence-electron chi connectivity index (χ2n) is 16.8. The van der Waals surface area contributed by atoms with Crippen LogP contribution in [-0.4, -0.2) is 14.5 Å². The van der Waals surface area contributed by atoms with Crippen molar-refractivity contribution in [3.63, 3.8) is 0 Å². The summed E-state index contributed by atoms with van der Waals surface area (Å²) in [6.07, 6.45) is 3.81. The molecule has 5 heteroatoms. The van der Waals surface area contributed by atoms with E-state index in [0.717, 1.165) is 28.5 Å². The average molecular weight is 700 g/mol. The SMILES string of the molecule is CC1(C)c2ccccc2N(c2ccc3c(c2)N(c2ccccn2)c2ccccc2C3(C)C)c2cc3c(cc21)C(C)(C)c1cccc2c4cccnc4n-3c12. The Kier molecular flexibility index (Phi) is 6.08. The lowest BCUT2D eigenvalue weighted by Crippen LogP contribution is -2.34. The maximum Gasteiger partial charge on any atom is 0.145 e. The maximum atomic E-state index is 5.02. The molecule has 0 unspecified atom stereocenters. The zero-order chi connectivity index (χ0) is 36.7. The van der Waals surface area contributed by atoms with Gasteiger partial charge in [-0.15, -0.1) is 0 Å². The first kappa shape index (κ1) is 31.3. The van der Waals surface area contributed by atoms with Crippen LogP contribution in [-0.2, 0) is 16.2 Å². The predicted molar refractivity (Wildman–Crippen MR) is 222 cm³/mol. The van der Waals surface area contributed by atoms with E-state index in [1.54, 1.807) is 0 Å². The molecule has 3 aliphatic rings. The highest BCUT2D eigenvalue weighted by Crippen LogP contribution is 2.58. The third kappa shape index (κ3) is 3.89. The van der Waals surface area contributed by atoms with E-state index in [0.29, 0.717) is 0 Å². The number of fused-ring (bicyclic) bond motifs is 9. The molecule has 262 valence electrons. The first-order valence-corrected chi connectivity index (χ1v) is 19.0. The molecule has 8 aromatic rings. The molecular weight excluding hydrogens is 659 g/mol. The molecule has 0 bridgehead atoms. The van der Waals surface area contributed by atoms with Gasteiger partial charge < -0.3 is 4.90 Å². The summed E-state index contributed by atoms with van der Waals surface area (Å²) in [5.74, 6) is 0.908. The second-order valence-corrected chi connectivity index (χ2v) is 16.8. The fourth-order valence-electron chi connectivity index (χ4n) is 10.1. The summed E-state index contributed by atoms with van der Waals surface area (Å²) >= 11 is 0. The zero-order valence-corrected chi connectivity index (χ0v) is 31.5. The number of pyridine rings is 2. The summed E-state index contributed by atoms with van der Waals surface area (Å²) in [5, 5.41) is 2.44. The zero-order valence-electron chi connectivity index (χ0n) is 31.5. The monoisotopic (exact) mass is 699 g/mol. The number of rotatable bonds is 2. The van der Waals surface area contributed by atoms with E-state index in [-0.39, 0.29) is 16.2 Å². The van der Waals surface area contributed by atoms with E-state index in [2.05, 4.69) is 177 Å². The number of hydrogen-bond acceptors (Lipinski definition) is 4. The molecule has 11 rings (SSSR count). The lowest BCUT2D eigenvalue weighted by Gasteiger charge is -2.45. The topological polar surface area (TPSA) is 37.2 Å². The summed E-state index contributed by atoms with van der Waals surface area (Å²) in [6.45, 7) is 14.2. The van der Waals surface area contributed by atoms with E-state index >= 15 is 0 Å². The van der Waals surface area contributed by atoms with Crippen LogP contribution < -0.4 is 9.80 Å². The molecule has 3 aromatic heterocycles. The van der Waals surface area contributed by atoms with Crippen LogP contribution in [0.1, 0.15) is 74.9 Å². The Labute approximate surface area is 316 Å². The van der Waals surface area contributed by atoms with Gasteiger partial charge in [0.25, 0.3) is 0 Å². The lowest BCUT2D eigenvalue weighted by atomic mass is 9.69. The van der Waals surface area contributed by atoms with Crippen molar-refractivity contribution in [3.05, 3.63) is 173 Å². The molecule has 54 heavy (non-hydrogen) atoms. The molecule has 0 aliphatic carbocycles. The van der Waals surface area contributed by atoms with Gasteiger partial charge >= 0.3 is 0 Å². The van der Waals surface area contributed by atoms with Crippen LogP contribution in [0.5, 0.6) is 0 Å². The minimum Gasteiger partial charge on any atom is -0.310 e. The Balaban J connectivity index is 1.21. The molecule has 0 saturated heterocycles. The van der Waals surface area contributed by atoms with Crippen LogP contribution in [0.4, 0.5) is 34.3 Å². The number of anilines is 6. The summed E-state index contributed by atoms with van der Waals surface area (Å²) in [4.78, 5) is 14.8. The largest absolute Gasteiger partial charge is 0.310 e. The van der Waals surface area contributed by atoms with E-state index < -0.39 is 0 Å². The third-order valence-corrected chi connectivity index (χ3v) is 12.8. The highest BCUT2D eigenvalue weighted by molar-refractivity contribution is 6.10. The molecule has 0 fully saturated rings. The van der Waals surface area contributed by atoms with E-state index in [1.807, 2.05) is 18.5 Å². The number of benzene rings is 5. The Bertz CT molecular complexity index is 2880. The molecule has 0 spiro atoms. The predicted octanol–water partition coefficient (Wildman–Crippen LogP) is 12.4. The summed E-state index contributed by atoms with van der Waals surface area (Å²) in [6, 6.07) is 47.0. The molecule has 3 aliphatic heterocycles. The fraction of sp³-hybridized carbons (Fsp3) is 0.184. The number of nitrogens with zero attached hydrogens (tertiary/aromatic N) is 5. The first-order valence-electron chi connectivity index (χ1n) is 19.0. The van der Waals surface area contributed by atoms with Gasteiger partial charge in [-0.05, 0) is 94.0 Å². The quantitative estimate of drug-likeness (QED) is 0.180. The third-order valence-electron chi connectivity index (χ3n) is 12.8. The van der Waals surface area contributed by atoms with Crippen molar-refractivity contribution in [1.29, 1.82) is 0 Å². The van der Waals surface area contributed by atoms with Crippen LogP contribution >= 0.6 is 0 Å². The van der Waals surface area contributed by atoms with Gasteiger partial charge in [0.1, 0.15) is 11.5 Å². The second kappa shape index (κ2) is 10.5. The number of hydrogen-bond donors (Lipinski definition) is 0. The summed E-state index contributed by atoms with van der Waals surface area (Å²) in [7, 11) is 0. The minimum atomic E-state index is -0.244. The van der Waals surface area contributed by atoms with Gasteiger partial charge in [-0.2, -0.15) is 0 Å². The molecule has 0 radical (unpaired) electrons. The van der Waals surface area contributed by atoms with Crippen molar-refractivity contribution in [2.45, 2.75) is 57.8 Å². The van der Waals surface area contributed by atoms with Crippen LogP contribution in [0.15, 0.2) is 140 Å². The van der Waals surface area contributed by atoms with Crippen molar-refractivity contribution in [2.75, 3.05) is 9.80 Å². The maximum absolute atomic E-state index is 5.02. The van der Waals surface area contributed by atoms with Crippen LogP contribution in [0.2, 0.25) is 0 Å². The standard InChI is InChI=1S/C49H41N5/c1-47(2)34-18-8-10-21-40(34)53(44-22-11-12-25-50-44)41-27-30(23-24-35(41)47)52-39-20-9-7-17-33(39)48(3,4)37-28-38-43(29-42(37)52)54-45-31(32-16-14-26-51-46(32)54)15-13-19-36(45)49(38,5)6/h7-29H,1-6H3. The van der Waals surface area contributed by atoms with Crippen molar-refractivity contribution in [1.82, 2.24) is 14.5 Å². The van der Waals surface area contributed by atoms with E-state index in [4.69, 9.17) is 9.97 Å². The van der Waals surface area contributed by atoms with Gasteiger partial charge in [-0.25, -0.2) is 9.97 Å². The smallest absolute Gasteiger partial charge is 0.145 e. The minimum absolute atomic E-state index is 0.207. The van der Waals surface area contributed by atoms with Crippen LogP contribution in [0, 0.1) is 0 Å². The number of aromatic nitrogens is 3. The van der Waals surface area contributed by atoms with Crippen LogP contribution in [0.3, 0.4) is 0 Å². The Morgan fingerprint density at radius 2 is 1.00 bits per heavy atom. The highest BCUT2D eigenvalue weighted by Gasteiger charge is 2.43. The van der Waals surface area contributed by atoms with Gasteiger partial charge in [0.2, 0.25) is 0 Å². The molecule has 0 N–H and O–H groups in total.